The smallest absolute Gasteiger partial charge is 0.245 e. The first-order valence-electron chi connectivity index (χ1n) is 8.72. The zero-order chi connectivity index (χ0) is 19.0. The molecule has 8 heteroatoms. The summed E-state index contributed by atoms with van der Waals surface area (Å²) in [6.07, 6.45) is 1.45. The van der Waals surface area contributed by atoms with E-state index in [4.69, 9.17) is 11.6 Å². The number of aromatic amines is 1. The molecular weight excluding hydrogens is 384 g/mol. The molecular formula is C19H19ClN4O2S. The van der Waals surface area contributed by atoms with Crippen molar-refractivity contribution in [3.05, 3.63) is 64.9 Å². The molecule has 1 atom stereocenters. The number of nitrogens with one attached hydrogen (secondary N) is 1. The van der Waals surface area contributed by atoms with Crippen LogP contribution < -0.4 is 0 Å². The monoisotopic (exact) mass is 402 g/mol. The Kier molecular flexibility index (Phi) is 4.75. The first kappa shape index (κ1) is 18.2. The summed E-state index contributed by atoms with van der Waals surface area (Å²) in [5.74, 6) is 1.11. The van der Waals surface area contributed by atoms with Gasteiger partial charge in [0.2, 0.25) is 10.0 Å². The Bertz CT molecular complexity index is 1070. The molecule has 0 spiro atoms. The molecule has 1 aliphatic rings. The second-order valence-corrected chi connectivity index (χ2v) is 8.88. The first-order chi connectivity index (χ1) is 13.0. The van der Waals surface area contributed by atoms with Crippen molar-refractivity contribution in [3.8, 4) is 11.4 Å². The zero-order valence-corrected chi connectivity index (χ0v) is 16.3. The molecule has 0 saturated carbocycles. The van der Waals surface area contributed by atoms with E-state index in [1.54, 1.807) is 18.2 Å². The number of H-pyrrole nitrogens is 1. The Morgan fingerprint density at radius 1 is 1.19 bits per heavy atom. The molecule has 0 aliphatic carbocycles. The first-order valence-corrected chi connectivity index (χ1v) is 10.5. The highest BCUT2D eigenvalue weighted by atomic mass is 35.5. The van der Waals surface area contributed by atoms with Crippen molar-refractivity contribution in [1.82, 2.24) is 19.5 Å². The number of hydrogen-bond donors (Lipinski definition) is 1. The minimum Gasteiger partial charge on any atom is -0.261 e. The predicted octanol–water partition coefficient (Wildman–Crippen LogP) is 3.96. The normalized spacial score (nSPS) is 18.1. The highest BCUT2D eigenvalue weighted by molar-refractivity contribution is 7.89. The van der Waals surface area contributed by atoms with Crippen molar-refractivity contribution in [1.29, 1.82) is 0 Å². The number of benzene rings is 2. The van der Waals surface area contributed by atoms with Crippen LogP contribution in [0.4, 0.5) is 0 Å². The number of rotatable bonds is 4. The molecule has 0 unspecified atom stereocenters. The van der Waals surface area contributed by atoms with Crippen LogP contribution in [0.25, 0.3) is 11.4 Å². The van der Waals surface area contributed by atoms with E-state index in [0.717, 1.165) is 17.5 Å². The number of nitrogens with zero attached hydrogens (tertiary/aromatic N) is 3. The van der Waals surface area contributed by atoms with Gasteiger partial charge in [-0.3, -0.25) is 5.10 Å². The zero-order valence-electron chi connectivity index (χ0n) is 14.8. The number of aryl methyl sites for hydroxylation is 1. The van der Waals surface area contributed by atoms with Crippen molar-refractivity contribution >= 4 is 21.6 Å². The van der Waals surface area contributed by atoms with Gasteiger partial charge in [-0.25, -0.2) is 13.4 Å². The van der Waals surface area contributed by atoms with Crippen LogP contribution in [0.2, 0.25) is 5.02 Å². The van der Waals surface area contributed by atoms with E-state index < -0.39 is 10.0 Å². The van der Waals surface area contributed by atoms with Gasteiger partial charge in [-0.1, -0.05) is 48.0 Å². The topological polar surface area (TPSA) is 79.0 Å². The lowest BCUT2D eigenvalue weighted by Crippen LogP contribution is -2.31. The summed E-state index contributed by atoms with van der Waals surface area (Å²) < 4.78 is 27.9. The van der Waals surface area contributed by atoms with Crippen LogP contribution in [-0.2, 0) is 10.0 Å². The van der Waals surface area contributed by atoms with Crippen molar-refractivity contribution < 1.29 is 8.42 Å². The van der Waals surface area contributed by atoms with Crippen molar-refractivity contribution in [2.75, 3.05) is 6.54 Å². The fourth-order valence-corrected chi connectivity index (χ4v) is 5.62. The van der Waals surface area contributed by atoms with Gasteiger partial charge in [-0.2, -0.15) is 9.40 Å². The van der Waals surface area contributed by atoms with Gasteiger partial charge < -0.3 is 0 Å². The summed E-state index contributed by atoms with van der Waals surface area (Å²) in [5.41, 5.74) is 1.80. The SMILES string of the molecule is Cc1ccc(S(=O)(=O)N2CCC[C@@H]2c2nc(-c3ccccc3)n[nH]2)c(Cl)c1. The number of halogens is 1. The molecule has 1 saturated heterocycles. The third kappa shape index (κ3) is 3.38. The second-order valence-electron chi connectivity index (χ2n) is 6.62. The molecule has 1 N–H and O–H groups in total. The molecule has 1 aliphatic heterocycles. The predicted molar refractivity (Wildman–Crippen MR) is 104 cm³/mol. The molecule has 0 amide bonds. The largest absolute Gasteiger partial charge is 0.261 e. The molecule has 1 aromatic heterocycles. The maximum Gasteiger partial charge on any atom is 0.245 e. The molecule has 27 heavy (non-hydrogen) atoms. The van der Waals surface area contributed by atoms with Gasteiger partial charge in [-0.15, -0.1) is 0 Å². The third-order valence-electron chi connectivity index (χ3n) is 4.73. The van der Waals surface area contributed by atoms with Crippen LogP contribution >= 0.6 is 11.6 Å². The van der Waals surface area contributed by atoms with Gasteiger partial charge in [0.1, 0.15) is 10.7 Å². The molecule has 2 heterocycles. The quantitative estimate of drug-likeness (QED) is 0.716. The van der Waals surface area contributed by atoms with Gasteiger partial charge >= 0.3 is 0 Å². The van der Waals surface area contributed by atoms with Gasteiger partial charge in [0.25, 0.3) is 0 Å². The molecule has 6 nitrogen and oxygen atoms in total. The third-order valence-corrected chi connectivity index (χ3v) is 7.12. The van der Waals surface area contributed by atoms with Crippen molar-refractivity contribution in [3.63, 3.8) is 0 Å². The Morgan fingerprint density at radius 3 is 2.70 bits per heavy atom. The summed E-state index contributed by atoms with van der Waals surface area (Å²) in [6, 6.07) is 14.2. The van der Waals surface area contributed by atoms with E-state index in [9.17, 15) is 8.42 Å². The lowest BCUT2D eigenvalue weighted by Gasteiger charge is -2.23. The fraction of sp³-hybridized carbons (Fsp3) is 0.263. The molecule has 140 valence electrons. The second kappa shape index (κ2) is 7.07. The lowest BCUT2D eigenvalue weighted by atomic mass is 10.2. The van der Waals surface area contributed by atoms with Crippen LogP contribution in [0.3, 0.4) is 0 Å². The summed E-state index contributed by atoms with van der Waals surface area (Å²) in [5, 5.41) is 7.43. The maximum atomic E-state index is 13.2. The maximum absolute atomic E-state index is 13.2. The van der Waals surface area contributed by atoms with Gasteiger partial charge in [-0.05, 0) is 37.5 Å². The number of aromatic nitrogens is 3. The summed E-state index contributed by atoms with van der Waals surface area (Å²) in [4.78, 5) is 4.68. The fourth-order valence-electron chi connectivity index (χ4n) is 3.38. The summed E-state index contributed by atoms with van der Waals surface area (Å²) in [7, 11) is -3.73. The summed E-state index contributed by atoms with van der Waals surface area (Å²) >= 11 is 6.23. The highest BCUT2D eigenvalue weighted by Crippen LogP contribution is 2.37. The summed E-state index contributed by atoms with van der Waals surface area (Å²) in [6.45, 7) is 2.30. The Balaban J connectivity index is 1.67. The van der Waals surface area contributed by atoms with Crippen LogP contribution in [0.15, 0.2) is 53.4 Å². The minimum atomic E-state index is -3.73. The van der Waals surface area contributed by atoms with E-state index in [1.165, 1.54) is 4.31 Å². The lowest BCUT2D eigenvalue weighted by molar-refractivity contribution is 0.384. The van der Waals surface area contributed by atoms with Gasteiger partial charge in [0, 0.05) is 12.1 Å². The number of hydrogen-bond acceptors (Lipinski definition) is 4. The standard InChI is InChI=1S/C19H19ClN4O2S/c1-13-9-10-17(15(20)12-13)27(25,26)24-11-5-8-16(24)19-21-18(22-23-19)14-6-3-2-4-7-14/h2-4,6-7,9-10,12,16H,5,8,11H2,1H3,(H,21,22,23)/t16-/m1/s1. The van der Waals surface area contributed by atoms with E-state index in [-0.39, 0.29) is 16.0 Å². The average Bonchev–Trinajstić information content (AvgIpc) is 3.32. The van der Waals surface area contributed by atoms with Crippen LogP contribution in [0.5, 0.6) is 0 Å². The molecule has 0 radical (unpaired) electrons. The highest BCUT2D eigenvalue weighted by Gasteiger charge is 2.39. The van der Waals surface area contributed by atoms with E-state index >= 15 is 0 Å². The van der Waals surface area contributed by atoms with Gasteiger partial charge in [0.05, 0.1) is 11.1 Å². The molecule has 2 aromatic carbocycles. The van der Waals surface area contributed by atoms with Crippen LogP contribution in [0.1, 0.15) is 30.3 Å². The van der Waals surface area contributed by atoms with E-state index in [0.29, 0.717) is 24.6 Å². The molecule has 1 fully saturated rings. The van der Waals surface area contributed by atoms with E-state index in [2.05, 4.69) is 15.2 Å². The molecule has 3 aromatic rings. The Labute approximate surface area is 163 Å². The van der Waals surface area contributed by atoms with Crippen molar-refractivity contribution in [2.45, 2.75) is 30.7 Å². The van der Waals surface area contributed by atoms with Gasteiger partial charge in [0.15, 0.2) is 5.82 Å². The Hall–Kier alpha value is -2.22. The Morgan fingerprint density at radius 2 is 1.96 bits per heavy atom. The van der Waals surface area contributed by atoms with Crippen molar-refractivity contribution in [2.24, 2.45) is 0 Å². The van der Waals surface area contributed by atoms with Crippen LogP contribution in [-0.4, -0.2) is 34.4 Å². The molecule has 0 bridgehead atoms. The average molecular weight is 403 g/mol. The molecule has 4 rings (SSSR count). The van der Waals surface area contributed by atoms with Crippen LogP contribution in [0, 0.1) is 6.92 Å². The van der Waals surface area contributed by atoms with E-state index in [1.807, 2.05) is 37.3 Å². The minimum absolute atomic E-state index is 0.129. The number of sulfonamides is 1.